The molecule has 10 nitrogen and oxygen atoms in total. The molecule has 186 valence electrons. The molecule has 36 heavy (non-hydrogen) atoms. The zero-order valence-electron chi connectivity index (χ0n) is 19.8. The zero-order valence-corrected chi connectivity index (χ0v) is 20.7. The van der Waals surface area contributed by atoms with E-state index < -0.39 is 34.3 Å². The van der Waals surface area contributed by atoms with Gasteiger partial charge in [-0.2, -0.15) is 0 Å². The van der Waals surface area contributed by atoms with Crippen molar-refractivity contribution in [3.8, 4) is 5.88 Å². The molecule has 1 fully saturated rings. The molecule has 4 rings (SSSR count). The van der Waals surface area contributed by atoms with E-state index in [1.165, 1.54) is 0 Å². The summed E-state index contributed by atoms with van der Waals surface area (Å²) in [5.74, 6) is -1.33. The van der Waals surface area contributed by atoms with E-state index in [1.54, 1.807) is 18.2 Å². The number of hydrogen-bond donors (Lipinski definition) is 5. The van der Waals surface area contributed by atoms with Gasteiger partial charge < -0.3 is 15.7 Å². The van der Waals surface area contributed by atoms with Gasteiger partial charge >= 0.3 is 5.69 Å². The molecular formula is C25H25N5O5S. The van der Waals surface area contributed by atoms with Crippen molar-refractivity contribution in [1.29, 1.82) is 0 Å². The maximum absolute atomic E-state index is 12.6. The third kappa shape index (κ3) is 5.57. The predicted octanol–water partition coefficient (Wildman–Crippen LogP) is 2.40. The van der Waals surface area contributed by atoms with Crippen LogP contribution in [0.1, 0.15) is 40.3 Å². The van der Waals surface area contributed by atoms with Gasteiger partial charge in [0.2, 0.25) is 17.7 Å². The molecule has 0 radical (unpaired) electrons. The van der Waals surface area contributed by atoms with Crippen molar-refractivity contribution in [2.75, 3.05) is 5.32 Å². The van der Waals surface area contributed by atoms with Crippen molar-refractivity contribution < 1.29 is 14.7 Å². The van der Waals surface area contributed by atoms with E-state index in [9.17, 15) is 24.3 Å². The summed E-state index contributed by atoms with van der Waals surface area (Å²) in [6.45, 7) is 5.82. The third-order valence-electron chi connectivity index (χ3n) is 5.81. The quantitative estimate of drug-likeness (QED) is 0.345. The molecule has 2 aromatic carbocycles. The Hall–Kier alpha value is -4.12. The van der Waals surface area contributed by atoms with Gasteiger partial charge in [0.25, 0.3) is 5.56 Å². The number of H-pyrrole nitrogens is 2. The number of rotatable bonds is 6. The number of aromatic hydroxyl groups is 1. The highest BCUT2D eigenvalue weighted by molar-refractivity contribution is 8.15. The molecule has 2 heterocycles. The van der Waals surface area contributed by atoms with E-state index in [4.69, 9.17) is 0 Å². The number of nitrogens with one attached hydrogen (secondary N) is 4. The lowest BCUT2D eigenvalue weighted by Gasteiger charge is -2.15. The van der Waals surface area contributed by atoms with Crippen LogP contribution in [0.3, 0.4) is 0 Å². The van der Waals surface area contributed by atoms with Gasteiger partial charge in [-0.05, 0) is 49.6 Å². The van der Waals surface area contributed by atoms with Gasteiger partial charge in [-0.1, -0.05) is 47.7 Å². The van der Waals surface area contributed by atoms with Gasteiger partial charge in [0.15, 0.2) is 5.17 Å². The second-order valence-electron chi connectivity index (χ2n) is 8.57. The summed E-state index contributed by atoms with van der Waals surface area (Å²) in [4.78, 5) is 58.1. The van der Waals surface area contributed by atoms with Crippen molar-refractivity contribution in [1.82, 2.24) is 15.3 Å². The molecule has 2 amide bonds. The number of carbonyl (C=O) groups is 2. The fraction of sp³-hybridized carbons (Fsp3) is 0.240. The zero-order chi connectivity index (χ0) is 26.0. The Kier molecular flexibility index (Phi) is 7.11. The summed E-state index contributed by atoms with van der Waals surface area (Å²) in [7, 11) is 0. The lowest BCUT2D eigenvalue weighted by Crippen LogP contribution is -2.29. The van der Waals surface area contributed by atoms with Crippen LogP contribution in [0.15, 0.2) is 57.0 Å². The van der Waals surface area contributed by atoms with Crippen LogP contribution in [0.25, 0.3) is 0 Å². The SMILES string of the molecule is Cc1ccc(C(N=C2NC(=O)C(CC(=O)Nc3ccc(C)c(C)c3)S2)c2c(O)[nH]c(=O)[nH]c2=O)cc1. The largest absolute Gasteiger partial charge is 0.494 e. The second kappa shape index (κ2) is 10.2. The number of aryl methyl sites for hydroxylation is 3. The topological polar surface area (TPSA) is 157 Å². The van der Waals surface area contributed by atoms with Gasteiger partial charge in [0.1, 0.15) is 16.9 Å². The Morgan fingerprint density at radius 3 is 2.44 bits per heavy atom. The van der Waals surface area contributed by atoms with Crippen LogP contribution >= 0.6 is 11.8 Å². The van der Waals surface area contributed by atoms with E-state index >= 15 is 0 Å². The number of nitrogens with zero attached hydrogens (tertiary/aromatic N) is 1. The minimum Gasteiger partial charge on any atom is -0.494 e. The van der Waals surface area contributed by atoms with Crippen LogP contribution in [0, 0.1) is 20.8 Å². The van der Waals surface area contributed by atoms with Gasteiger partial charge in [-0.25, -0.2) is 9.79 Å². The normalized spacial score (nSPS) is 17.1. The van der Waals surface area contributed by atoms with Crippen LogP contribution in [0.2, 0.25) is 0 Å². The summed E-state index contributed by atoms with van der Waals surface area (Å²) >= 11 is 1.06. The summed E-state index contributed by atoms with van der Waals surface area (Å²) < 4.78 is 0. The summed E-state index contributed by atoms with van der Waals surface area (Å²) in [6.07, 6.45) is -0.0812. The highest BCUT2D eigenvalue weighted by Crippen LogP contribution is 2.32. The van der Waals surface area contributed by atoms with Gasteiger partial charge in [0.05, 0.1) is 0 Å². The fourth-order valence-corrected chi connectivity index (χ4v) is 4.71. The number of aromatic nitrogens is 2. The highest BCUT2D eigenvalue weighted by atomic mass is 32.2. The molecule has 1 saturated heterocycles. The molecule has 2 unspecified atom stereocenters. The summed E-state index contributed by atoms with van der Waals surface area (Å²) in [5, 5.41) is 15.3. The molecule has 0 spiro atoms. The van der Waals surface area contributed by atoms with Crippen LogP contribution < -0.4 is 21.9 Å². The number of anilines is 1. The average Bonchev–Trinajstić information content (AvgIpc) is 3.14. The molecule has 0 aliphatic carbocycles. The minimum atomic E-state index is -1.02. The number of benzene rings is 2. The number of aromatic amines is 2. The van der Waals surface area contributed by atoms with Crippen molar-refractivity contribution in [3.63, 3.8) is 0 Å². The van der Waals surface area contributed by atoms with Crippen molar-refractivity contribution in [3.05, 3.63) is 91.1 Å². The number of thioether (sulfide) groups is 1. The Labute approximate surface area is 210 Å². The summed E-state index contributed by atoms with van der Waals surface area (Å²) in [5.41, 5.74) is 2.51. The first-order valence-corrected chi connectivity index (χ1v) is 12.0. The smallest absolute Gasteiger partial charge is 0.328 e. The standard InChI is InChI=1S/C25H25N5O5S/c1-12-4-7-15(8-5-12)20(19-22(33)28-24(35)29-23(19)34)27-25-30-21(32)17(36-25)11-18(31)26-16-9-6-13(2)14(3)10-16/h4-10,17,20H,11H2,1-3H3,(H,26,31)(H,27,30,32)(H3,28,29,33,34,35). The van der Waals surface area contributed by atoms with E-state index in [2.05, 4.69) is 25.6 Å². The fourth-order valence-electron chi connectivity index (χ4n) is 3.71. The van der Waals surface area contributed by atoms with Crippen LogP contribution in [0.4, 0.5) is 5.69 Å². The molecule has 0 saturated carbocycles. The first-order valence-electron chi connectivity index (χ1n) is 11.1. The maximum Gasteiger partial charge on any atom is 0.328 e. The monoisotopic (exact) mass is 507 g/mol. The molecule has 1 aliphatic heterocycles. The second-order valence-corrected chi connectivity index (χ2v) is 9.76. The van der Waals surface area contributed by atoms with E-state index in [1.807, 2.05) is 45.0 Å². The predicted molar refractivity (Wildman–Crippen MR) is 138 cm³/mol. The van der Waals surface area contributed by atoms with Gasteiger partial charge in [-0.15, -0.1) is 0 Å². The summed E-state index contributed by atoms with van der Waals surface area (Å²) in [6, 6.07) is 11.7. The van der Waals surface area contributed by atoms with Crippen LogP contribution in [-0.2, 0) is 9.59 Å². The third-order valence-corrected chi connectivity index (χ3v) is 6.91. The number of amides is 2. The molecule has 1 aliphatic rings. The van der Waals surface area contributed by atoms with Crippen LogP contribution in [-0.4, -0.2) is 37.3 Å². The highest BCUT2D eigenvalue weighted by Gasteiger charge is 2.33. The lowest BCUT2D eigenvalue weighted by atomic mass is 10.00. The molecule has 1 aromatic heterocycles. The van der Waals surface area contributed by atoms with E-state index in [-0.39, 0.29) is 23.1 Å². The average molecular weight is 508 g/mol. The molecule has 3 aromatic rings. The Balaban J connectivity index is 1.58. The number of carbonyl (C=O) groups excluding carboxylic acids is 2. The number of hydrogen-bond acceptors (Lipinski definition) is 7. The van der Waals surface area contributed by atoms with Crippen molar-refractivity contribution in [2.45, 2.75) is 38.5 Å². The Morgan fingerprint density at radius 2 is 1.78 bits per heavy atom. The van der Waals surface area contributed by atoms with E-state index in [0.29, 0.717) is 11.3 Å². The van der Waals surface area contributed by atoms with E-state index in [0.717, 1.165) is 28.5 Å². The van der Waals surface area contributed by atoms with Gasteiger partial charge in [0, 0.05) is 12.1 Å². The molecule has 5 N–H and O–H groups in total. The molecule has 0 bridgehead atoms. The minimum absolute atomic E-state index is 0.0812. The van der Waals surface area contributed by atoms with Crippen molar-refractivity contribution in [2.24, 2.45) is 4.99 Å². The first kappa shape index (κ1) is 25.0. The van der Waals surface area contributed by atoms with Gasteiger partial charge in [-0.3, -0.25) is 24.4 Å². The maximum atomic E-state index is 12.6. The number of aliphatic imine (C=N–C) groups is 1. The number of amidine groups is 1. The molecular weight excluding hydrogens is 482 g/mol. The first-order chi connectivity index (χ1) is 17.1. The lowest BCUT2D eigenvalue weighted by molar-refractivity contribution is -0.122. The molecule has 11 heteroatoms. The Morgan fingerprint density at radius 1 is 1.06 bits per heavy atom. The molecule has 2 atom stereocenters. The van der Waals surface area contributed by atoms with Crippen molar-refractivity contribution >= 4 is 34.4 Å². The Bertz CT molecular complexity index is 1480. The van der Waals surface area contributed by atoms with Crippen LogP contribution in [0.5, 0.6) is 5.88 Å².